The monoisotopic (exact) mass is 242 g/mol. The Balaban J connectivity index is 0. The van der Waals surface area contributed by atoms with Gasteiger partial charge in [0.1, 0.15) is 5.41 Å². The SMILES string of the molecule is CCC1(CC)C(=O)N=C([O-])NC1=O.Cl.[Na+]. The van der Waals surface area contributed by atoms with Gasteiger partial charge in [0.25, 0.3) is 5.91 Å². The molecule has 0 aromatic rings. The molecule has 2 amide bonds. The number of amides is 2. The number of carbonyl (C=O) groups is 2. The third-order valence-electron chi connectivity index (χ3n) is 2.47. The Morgan fingerprint density at radius 2 is 1.80 bits per heavy atom. The van der Waals surface area contributed by atoms with Gasteiger partial charge in [0, 0.05) is 0 Å². The fraction of sp³-hybridized carbons (Fsp3) is 0.625. The molecule has 0 saturated carbocycles. The predicted octanol–water partition coefficient (Wildman–Crippen LogP) is -3.41. The van der Waals surface area contributed by atoms with Gasteiger partial charge < -0.3 is 10.4 Å². The molecule has 15 heavy (non-hydrogen) atoms. The van der Waals surface area contributed by atoms with Gasteiger partial charge >= 0.3 is 29.6 Å². The Hall–Kier alpha value is -0.1000. The molecule has 1 rings (SSSR count). The summed E-state index contributed by atoms with van der Waals surface area (Å²) in [4.78, 5) is 26.0. The Morgan fingerprint density at radius 1 is 1.33 bits per heavy atom. The number of halogens is 1. The van der Waals surface area contributed by atoms with Gasteiger partial charge in [-0.2, -0.15) is 0 Å². The van der Waals surface area contributed by atoms with Gasteiger partial charge in [0.05, 0.1) is 6.02 Å². The summed E-state index contributed by atoms with van der Waals surface area (Å²) < 4.78 is 0. The van der Waals surface area contributed by atoms with Gasteiger partial charge in [-0.15, -0.1) is 12.4 Å². The van der Waals surface area contributed by atoms with Crippen molar-refractivity contribution in [3.8, 4) is 0 Å². The Bertz CT molecular complexity index is 290. The number of nitrogens with one attached hydrogen (secondary N) is 1. The molecule has 1 aliphatic heterocycles. The van der Waals surface area contributed by atoms with Crippen LogP contribution in [0.15, 0.2) is 4.99 Å². The van der Waals surface area contributed by atoms with Crippen molar-refractivity contribution in [2.24, 2.45) is 10.4 Å². The number of carbonyl (C=O) groups excluding carboxylic acids is 2. The van der Waals surface area contributed by atoms with Gasteiger partial charge in [-0.05, 0) is 12.8 Å². The van der Waals surface area contributed by atoms with E-state index < -0.39 is 23.3 Å². The first-order valence-corrected chi connectivity index (χ1v) is 4.18. The summed E-state index contributed by atoms with van der Waals surface area (Å²) in [6, 6.07) is -0.854. The van der Waals surface area contributed by atoms with E-state index in [0.717, 1.165) is 0 Å². The largest absolute Gasteiger partial charge is 1.00 e. The zero-order chi connectivity index (χ0) is 10.1. The second kappa shape index (κ2) is 6.48. The molecule has 1 N–H and O–H groups in total. The maximum atomic E-state index is 11.4. The molecule has 0 bridgehead atoms. The van der Waals surface area contributed by atoms with E-state index in [-0.39, 0.29) is 42.0 Å². The molecule has 80 valence electrons. The number of hydrogen-bond acceptors (Lipinski definition) is 3. The molecule has 0 aliphatic carbocycles. The quantitative estimate of drug-likeness (QED) is 0.405. The minimum atomic E-state index is -1.12. The Labute approximate surface area is 116 Å². The predicted molar refractivity (Wildman–Crippen MR) is 50.8 cm³/mol. The fourth-order valence-corrected chi connectivity index (χ4v) is 1.41. The summed E-state index contributed by atoms with van der Waals surface area (Å²) in [6.45, 7) is 3.46. The van der Waals surface area contributed by atoms with Gasteiger partial charge in [-0.25, -0.2) is 4.99 Å². The van der Waals surface area contributed by atoms with Crippen molar-refractivity contribution in [3.05, 3.63) is 0 Å². The summed E-state index contributed by atoms with van der Waals surface area (Å²) >= 11 is 0. The molecule has 1 aliphatic rings. The first kappa shape index (κ1) is 17.3. The molecule has 7 heteroatoms. The summed E-state index contributed by atoms with van der Waals surface area (Å²) in [5.41, 5.74) is -1.12. The summed E-state index contributed by atoms with van der Waals surface area (Å²) in [7, 11) is 0. The van der Waals surface area contributed by atoms with Crippen molar-refractivity contribution >= 4 is 30.2 Å². The number of amidine groups is 1. The van der Waals surface area contributed by atoms with Crippen LogP contribution in [0.2, 0.25) is 0 Å². The first-order valence-electron chi connectivity index (χ1n) is 4.18. The van der Waals surface area contributed by atoms with Crippen LogP contribution in [0.3, 0.4) is 0 Å². The van der Waals surface area contributed by atoms with E-state index in [0.29, 0.717) is 12.8 Å². The van der Waals surface area contributed by atoms with E-state index in [1.807, 2.05) is 5.32 Å². The van der Waals surface area contributed by atoms with Crippen LogP contribution >= 0.6 is 12.4 Å². The minimum absolute atomic E-state index is 0. The first-order chi connectivity index (χ1) is 6.06. The number of nitrogens with zero attached hydrogens (tertiary/aromatic N) is 1. The van der Waals surface area contributed by atoms with Gasteiger partial charge in [-0.1, -0.05) is 13.8 Å². The number of aliphatic imine (C=N–C) groups is 1. The average molecular weight is 243 g/mol. The zero-order valence-corrected chi connectivity index (χ0v) is 11.8. The van der Waals surface area contributed by atoms with Crippen molar-refractivity contribution in [2.75, 3.05) is 0 Å². The summed E-state index contributed by atoms with van der Waals surface area (Å²) in [5, 5.41) is 12.7. The molecule has 0 aromatic heterocycles. The molecule has 0 spiro atoms. The van der Waals surface area contributed by atoms with Crippen LogP contribution in [0.25, 0.3) is 0 Å². The van der Waals surface area contributed by atoms with Crippen molar-refractivity contribution in [1.29, 1.82) is 0 Å². The van der Waals surface area contributed by atoms with E-state index in [1.165, 1.54) is 0 Å². The fourth-order valence-electron chi connectivity index (χ4n) is 1.41. The molecule has 1 heterocycles. The van der Waals surface area contributed by atoms with Crippen LogP contribution in [0, 0.1) is 5.41 Å². The van der Waals surface area contributed by atoms with Crippen LogP contribution in [0.5, 0.6) is 0 Å². The van der Waals surface area contributed by atoms with Crippen LogP contribution in [-0.4, -0.2) is 17.8 Å². The topological polar surface area (TPSA) is 81.6 Å². The standard InChI is InChI=1S/C8H12N2O3.ClH.Na/c1-3-8(4-2)5(11)9-7(13)10-6(8)12;;/h3-4H2,1-2H3,(H2,9,10,11,12,13);1H;/q;;+1/p-1. The van der Waals surface area contributed by atoms with Crippen molar-refractivity contribution < 1.29 is 44.3 Å². The van der Waals surface area contributed by atoms with E-state index in [4.69, 9.17) is 0 Å². The van der Waals surface area contributed by atoms with Crippen molar-refractivity contribution in [2.45, 2.75) is 26.7 Å². The van der Waals surface area contributed by atoms with Crippen LogP contribution < -0.4 is 40.0 Å². The van der Waals surface area contributed by atoms with Crippen LogP contribution in [0.4, 0.5) is 0 Å². The number of hydrogen-bond donors (Lipinski definition) is 1. The minimum Gasteiger partial charge on any atom is -0.846 e. The average Bonchev–Trinajstić information content (AvgIpc) is 2.05. The Kier molecular flexibility index (Phi) is 7.47. The molecule has 0 fully saturated rings. The molecule has 5 nitrogen and oxygen atoms in total. The van der Waals surface area contributed by atoms with Gasteiger partial charge in [0.15, 0.2) is 0 Å². The maximum Gasteiger partial charge on any atom is 1.00 e. The van der Waals surface area contributed by atoms with Gasteiger partial charge in [0.2, 0.25) is 5.91 Å². The summed E-state index contributed by atoms with van der Waals surface area (Å²) in [6.07, 6.45) is 0.732. The van der Waals surface area contributed by atoms with E-state index >= 15 is 0 Å². The maximum absolute atomic E-state index is 11.4. The second-order valence-corrected chi connectivity index (χ2v) is 2.97. The summed E-state index contributed by atoms with van der Waals surface area (Å²) in [5.74, 6) is -1.14. The second-order valence-electron chi connectivity index (χ2n) is 2.97. The molecule has 0 saturated heterocycles. The van der Waals surface area contributed by atoms with Crippen molar-refractivity contribution in [1.82, 2.24) is 5.32 Å². The molecular weight excluding hydrogens is 231 g/mol. The smallest absolute Gasteiger partial charge is 0.846 e. The van der Waals surface area contributed by atoms with Crippen LogP contribution in [-0.2, 0) is 9.59 Å². The van der Waals surface area contributed by atoms with E-state index in [9.17, 15) is 14.7 Å². The van der Waals surface area contributed by atoms with Crippen LogP contribution in [0.1, 0.15) is 26.7 Å². The normalized spacial score (nSPS) is 18.1. The third-order valence-corrected chi connectivity index (χ3v) is 2.47. The molecule has 0 atom stereocenters. The molecule has 0 radical (unpaired) electrons. The van der Waals surface area contributed by atoms with Gasteiger partial charge in [-0.3, -0.25) is 9.59 Å². The third kappa shape index (κ3) is 2.93. The van der Waals surface area contributed by atoms with E-state index in [2.05, 4.69) is 4.99 Å². The Morgan fingerprint density at radius 3 is 2.13 bits per heavy atom. The van der Waals surface area contributed by atoms with Crippen molar-refractivity contribution in [3.63, 3.8) is 0 Å². The molecule has 0 unspecified atom stereocenters. The zero-order valence-electron chi connectivity index (χ0n) is 8.99. The number of rotatable bonds is 2. The van der Waals surface area contributed by atoms with E-state index in [1.54, 1.807) is 13.8 Å². The molecule has 0 aromatic carbocycles. The molecular formula is C8H12ClN2NaO3.